The first-order chi connectivity index (χ1) is 16.5. The highest BCUT2D eigenvalue weighted by atomic mass is 16.5. The molecule has 1 N–H and O–H groups in total. The molecular formula is C26H31N7O. The molecule has 0 aliphatic rings. The average Bonchev–Trinajstić information content (AvgIpc) is 3.36. The highest BCUT2D eigenvalue weighted by Crippen LogP contribution is 2.31. The van der Waals surface area contributed by atoms with Gasteiger partial charge >= 0.3 is 0 Å². The quantitative estimate of drug-likeness (QED) is 0.383. The number of benzene rings is 2. The SMILES string of the molecule is CCCc1nc(C)nc(OCCN(C)C)c1Cc1ccc(-c2ccccc2-c2nn[nH]n2)cc1. The standard InChI is InChI=1S/C26H31N7O/c1-5-8-24-23(26(28-18(2)27-24)34-16-15-33(3)4)17-19-11-13-20(14-12-19)21-9-6-7-10-22(21)25-29-31-32-30-25/h6-7,9-14H,5,8,15-17H2,1-4H3,(H,29,30,31,32). The van der Waals surface area contributed by atoms with Crippen LogP contribution in [0.3, 0.4) is 0 Å². The van der Waals surface area contributed by atoms with E-state index < -0.39 is 0 Å². The Morgan fingerprint density at radius 2 is 1.74 bits per heavy atom. The molecule has 8 nitrogen and oxygen atoms in total. The van der Waals surface area contributed by atoms with Crippen molar-refractivity contribution in [1.82, 2.24) is 35.5 Å². The van der Waals surface area contributed by atoms with Crippen LogP contribution in [-0.4, -0.2) is 62.7 Å². The largest absolute Gasteiger partial charge is 0.476 e. The Balaban J connectivity index is 1.61. The summed E-state index contributed by atoms with van der Waals surface area (Å²) >= 11 is 0. The molecule has 0 aliphatic carbocycles. The molecule has 0 radical (unpaired) electrons. The molecule has 0 saturated heterocycles. The number of tetrazole rings is 1. The number of nitrogens with zero attached hydrogens (tertiary/aromatic N) is 6. The number of likely N-dealkylation sites (N-methyl/N-ethyl adjacent to an activating group) is 1. The Labute approximate surface area is 200 Å². The maximum Gasteiger partial charge on any atom is 0.220 e. The van der Waals surface area contributed by atoms with Crippen LogP contribution in [0, 0.1) is 6.92 Å². The summed E-state index contributed by atoms with van der Waals surface area (Å²) in [6.07, 6.45) is 2.64. The second-order valence-corrected chi connectivity index (χ2v) is 8.56. The number of aromatic nitrogens is 6. The number of hydrogen-bond acceptors (Lipinski definition) is 7. The maximum absolute atomic E-state index is 6.12. The van der Waals surface area contributed by atoms with Crippen LogP contribution in [0.4, 0.5) is 0 Å². The number of hydrogen-bond donors (Lipinski definition) is 1. The molecule has 0 unspecified atom stereocenters. The Morgan fingerprint density at radius 3 is 2.41 bits per heavy atom. The summed E-state index contributed by atoms with van der Waals surface area (Å²) in [5.74, 6) is 2.03. The lowest BCUT2D eigenvalue weighted by atomic mass is 9.96. The summed E-state index contributed by atoms with van der Waals surface area (Å²) in [6.45, 7) is 5.52. The predicted molar refractivity (Wildman–Crippen MR) is 133 cm³/mol. The number of aromatic amines is 1. The van der Waals surface area contributed by atoms with Crippen LogP contribution in [0.5, 0.6) is 5.88 Å². The van der Waals surface area contributed by atoms with Gasteiger partial charge in [-0.05, 0) is 49.3 Å². The molecule has 34 heavy (non-hydrogen) atoms. The fraction of sp³-hybridized carbons (Fsp3) is 0.346. The highest BCUT2D eigenvalue weighted by molar-refractivity contribution is 5.80. The van der Waals surface area contributed by atoms with Gasteiger partial charge in [-0.1, -0.05) is 61.9 Å². The van der Waals surface area contributed by atoms with E-state index in [1.54, 1.807) is 0 Å². The van der Waals surface area contributed by atoms with Crippen molar-refractivity contribution in [3.8, 4) is 28.4 Å². The molecule has 0 saturated carbocycles. The first-order valence-electron chi connectivity index (χ1n) is 11.6. The van der Waals surface area contributed by atoms with Gasteiger partial charge in [-0.25, -0.2) is 4.98 Å². The Hall–Kier alpha value is -3.65. The fourth-order valence-electron chi connectivity index (χ4n) is 3.90. The van der Waals surface area contributed by atoms with Crippen molar-refractivity contribution in [3.63, 3.8) is 0 Å². The van der Waals surface area contributed by atoms with Crippen molar-refractivity contribution < 1.29 is 4.74 Å². The monoisotopic (exact) mass is 457 g/mol. The average molecular weight is 458 g/mol. The first-order valence-corrected chi connectivity index (χ1v) is 11.6. The van der Waals surface area contributed by atoms with Crippen LogP contribution >= 0.6 is 0 Å². The molecule has 2 aromatic carbocycles. The molecule has 2 heterocycles. The van der Waals surface area contributed by atoms with E-state index in [0.29, 0.717) is 18.3 Å². The summed E-state index contributed by atoms with van der Waals surface area (Å²) in [4.78, 5) is 11.5. The van der Waals surface area contributed by atoms with E-state index in [1.807, 2.05) is 39.2 Å². The predicted octanol–water partition coefficient (Wildman–Crippen LogP) is 4.12. The van der Waals surface area contributed by atoms with Crippen LogP contribution in [0.1, 0.15) is 36.0 Å². The van der Waals surface area contributed by atoms with Gasteiger partial charge in [0.1, 0.15) is 12.4 Å². The van der Waals surface area contributed by atoms with Gasteiger partial charge < -0.3 is 9.64 Å². The summed E-state index contributed by atoms with van der Waals surface area (Å²) in [5.41, 5.74) is 6.43. The lowest BCUT2D eigenvalue weighted by Gasteiger charge is -2.17. The normalized spacial score (nSPS) is 11.2. The molecule has 0 bridgehead atoms. The van der Waals surface area contributed by atoms with Gasteiger partial charge in [0, 0.05) is 24.1 Å². The van der Waals surface area contributed by atoms with Crippen molar-refractivity contribution in [2.24, 2.45) is 0 Å². The highest BCUT2D eigenvalue weighted by Gasteiger charge is 2.16. The first kappa shape index (κ1) is 23.5. The van der Waals surface area contributed by atoms with Crippen molar-refractivity contribution in [2.45, 2.75) is 33.1 Å². The van der Waals surface area contributed by atoms with Crippen LogP contribution < -0.4 is 4.74 Å². The number of aryl methyl sites for hydroxylation is 2. The molecular weight excluding hydrogens is 426 g/mol. The van der Waals surface area contributed by atoms with Gasteiger partial charge in [-0.3, -0.25) is 0 Å². The topological polar surface area (TPSA) is 92.7 Å². The smallest absolute Gasteiger partial charge is 0.220 e. The van der Waals surface area contributed by atoms with E-state index in [1.165, 1.54) is 5.56 Å². The fourth-order valence-corrected chi connectivity index (χ4v) is 3.90. The van der Waals surface area contributed by atoms with E-state index >= 15 is 0 Å². The summed E-state index contributed by atoms with van der Waals surface area (Å²) < 4.78 is 6.12. The lowest BCUT2D eigenvalue weighted by molar-refractivity contribution is 0.251. The second kappa shape index (κ2) is 11.0. The molecule has 8 heteroatoms. The van der Waals surface area contributed by atoms with E-state index in [9.17, 15) is 0 Å². The summed E-state index contributed by atoms with van der Waals surface area (Å²) in [6, 6.07) is 16.7. The molecule has 4 rings (SSSR count). The number of H-pyrrole nitrogens is 1. The maximum atomic E-state index is 6.12. The molecule has 0 spiro atoms. The van der Waals surface area contributed by atoms with Gasteiger partial charge in [0.25, 0.3) is 0 Å². The van der Waals surface area contributed by atoms with Gasteiger partial charge in [0.2, 0.25) is 11.7 Å². The van der Waals surface area contributed by atoms with Gasteiger partial charge in [0.15, 0.2) is 0 Å². The van der Waals surface area contributed by atoms with Crippen LogP contribution in [-0.2, 0) is 12.8 Å². The molecule has 0 aliphatic heterocycles. The van der Waals surface area contributed by atoms with Gasteiger partial charge in [-0.2, -0.15) is 10.2 Å². The van der Waals surface area contributed by atoms with Gasteiger partial charge in [0.05, 0.1) is 5.69 Å². The zero-order chi connectivity index (χ0) is 23.9. The molecule has 2 aromatic heterocycles. The minimum atomic E-state index is 0.584. The van der Waals surface area contributed by atoms with Crippen molar-refractivity contribution in [3.05, 3.63) is 71.2 Å². The number of ether oxygens (including phenoxy) is 1. The molecule has 0 amide bonds. The summed E-state index contributed by atoms with van der Waals surface area (Å²) in [5, 5.41) is 14.5. The molecule has 0 fully saturated rings. The molecule has 0 atom stereocenters. The van der Waals surface area contributed by atoms with Gasteiger partial charge in [-0.15, -0.1) is 10.2 Å². The van der Waals surface area contributed by atoms with E-state index in [4.69, 9.17) is 9.72 Å². The van der Waals surface area contributed by atoms with E-state index in [2.05, 4.69) is 67.8 Å². The van der Waals surface area contributed by atoms with Crippen LogP contribution in [0.15, 0.2) is 48.5 Å². The summed E-state index contributed by atoms with van der Waals surface area (Å²) in [7, 11) is 4.08. The van der Waals surface area contributed by atoms with Crippen molar-refractivity contribution >= 4 is 0 Å². The molecule has 4 aromatic rings. The zero-order valence-corrected chi connectivity index (χ0v) is 20.2. The third-order valence-corrected chi connectivity index (χ3v) is 5.59. The Morgan fingerprint density at radius 1 is 0.971 bits per heavy atom. The zero-order valence-electron chi connectivity index (χ0n) is 20.2. The third-order valence-electron chi connectivity index (χ3n) is 5.59. The van der Waals surface area contributed by atoms with Crippen LogP contribution in [0.2, 0.25) is 0 Å². The second-order valence-electron chi connectivity index (χ2n) is 8.56. The third kappa shape index (κ3) is 5.63. The van der Waals surface area contributed by atoms with Crippen LogP contribution in [0.25, 0.3) is 22.5 Å². The van der Waals surface area contributed by atoms with Crippen molar-refractivity contribution in [1.29, 1.82) is 0 Å². The van der Waals surface area contributed by atoms with E-state index in [-0.39, 0.29) is 0 Å². The minimum absolute atomic E-state index is 0.584. The van der Waals surface area contributed by atoms with Crippen molar-refractivity contribution in [2.75, 3.05) is 27.2 Å². The lowest BCUT2D eigenvalue weighted by Crippen LogP contribution is -2.20. The molecule has 176 valence electrons. The number of rotatable bonds is 10. The Bertz CT molecular complexity index is 1200. The number of nitrogens with one attached hydrogen (secondary N) is 1. The van der Waals surface area contributed by atoms with E-state index in [0.717, 1.165) is 59.6 Å². The Kier molecular flexibility index (Phi) is 7.59. The minimum Gasteiger partial charge on any atom is -0.476 e.